The predicted octanol–water partition coefficient (Wildman–Crippen LogP) is 3.49. The van der Waals surface area contributed by atoms with Crippen molar-refractivity contribution in [3.05, 3.63) is 40.5 Å². The molecule has 2 aromatic rings. The van der Waals surface area contributed by atoms with Crippen LogP contribution in [0.2, 0.25) is 5.02 Å². The predicted molar refractivity (Wildman–Crippen MR) is 80.4 cm³/mol. The van der Waals surface area contributed by atoms with E-state index in [1.54, 1.807) is 24.4 Å². The van der Waals surface area contributed by atoms with Crippen molar-refractivity contribution in [1.82, 2.24) is 9.97 Å². The number of halogens is 1. The number of rotatable bonds is 4. The second-order valence-electron chi connectivity index (χ2n) is 4.19. The summed E-state index contributed by atoms with van der Waals surface area (Å²) in [5.74, 6) is 1.21. The van der Waals surface area contributed by atoms with Crippen LogP contribution in [-0.4, -0.2) is 16.5 Å². The van der Waals surface area contributed by atoms with Crippen molar-refractivity contribution in [3.63, 3.8) is 0 Å². The van der Waals surface area contributed by atoms with Gasteiger partial charge in [0.25, 0.3) is 0 Å². The maximum absolute atomic E-state index is 8.93. The van der Waals surface area contributed by atoms with Gasteiger partial charge in [0.05, 0.1) is 22.3 Å². The summed E-state index contributed by atoms with van der Waals surface area (Å²) in [6.45, 7) is 4.62. The lowest BCUT2D eigenvalue weighted by atomic mass is 10.2. The minimum Gasteiger partial charge on any atom is -0.354 e. The first-order chi connectivity index (χ1) is 9.63. The first-order valence-electron chi connectivity index (χ1n) is 6.18. The van der Waals surface area contributed by atoms with Crippen LogP contribution in [0, 0.1) is 18.3 Å². The highest BCUT2D eigenvalue weighted by molar-refractivity contribution is 6.33. The zero-order chi connectivity index (χ0) is 14.5. The summed E-state index contributed by atoms with van der Waals surface area (Å²) < 4.78 is 0. The fourth-order valence-electron chi connectivity index (χ4n) is 1.63. The van der Waals surface area contributed by atoms with E-state index in [1.807, 2.05) is 13.8 Å². The molecule has 0 radical (unpaired) electrons. The molecular weight excluding hydrogens is 274 g/mol. The van der Waals surface area contributed by atoms with Crippen molar-refractivity contribution >= 4 is 29.1 Å². The number of aryl methyl sites for hydroxylation is 1. The van der Waals surface area contributed by atoms with Gasteiger partial charge in [0.2, 0.25) is 5.95 Å². The van der Waals surface area contributed by atoms with Crippen molar-refractivity contribution in [2.75, 3.05) is 17.2 Å². The number of anilines is 3. The third kappa shape index (κ3) is 3.16. The van der Waals surface area contributed by atoms with Crippen molar-refractivity contribution in [2.24, 2.45) is 0 Å². The Kier molecular flexibility index (Phi) is 4.38. The highest BCUT2D eigenvalue weighted by atomic mass is 35.5. The number of benzene rings is 1. The first-order valence-corrected chi connectivity index (χ1v) is 6.56. The van der Waals surface area contributed by atoms with Crippen LogP contribution < -0.4 is 10.6 Å². The largest absolute Gasteiger partial charge is 0.354 e. The summed E-state index contributed by atoms with van der Waals surface area (Å²) in [5, 5.41) is 15.7. The van der Waals surface area contributed by atoms with Crippen molar-refractivity contribution in [2.45, 2.75) is 13.8 Å². The minimum absolute atomic E-state index is 0.534. The molecule has 0 spiro atoms. The van der Waals surface area contributed by atoms with E-state index in [0.717, 1.165) is 12.1 Å². The van der Waals surface area contributed by atoms with Gasteiger partial charge in [-0.1, -0.05) is 11.6 Å². The molecule has 6 heteroatoms. The summed E-state index contributed by atoms with van der Waals surface area (Å²) in [6.07, 6.45) is 1.73. The SMILES string of the molecule is CCNc1ncc(C)c(Nc2cc(C#N)ccc2Cl)n1. The third-order valence-corrected chi connectivity index (χ3v) is 2.98. The van der Waals surface area contributed by atoms with E-state index in [4.69, 9.17) is 16.9 Å². The smallest absolute Gasteiger partial charge is 0.224 e. The maximum Gasteiger partial charge on any atom is 0.224 e. The standard InChI is InChI=1S/C14H14ClN5/c1-3-17-14-18-8-9(2)13(20-14)19-12-6-10(7-16)4-5-11(12)15/h4-6,8H,3H2,1-2H3,(H2,17,18,19,20). The van der Waals surface area contributed by atoms with Crippen LogP contribution in [0.5, 0.6) is 0 Å². The summed E-state index contributed by atoms with van der Waals surface area (Å²) in [4.78, 5) is 8.56. The molecule has 1 aromatic heterocycles. The van der Waals surface area contributed by atoms with Crippen LogP contribution in [0.25, 0.3) is 0 Å². The van der Waals surface area contributed by atoms with E-state index in [0.29, 0.717) is 28.0 Å². The van der Waals surface area contributed by atoms with Crippen molar-refractivity contribution < 1.29 is 0 Å². The van der Waals surface area contributed by atoms with Crippen LogP contribution >= 0.6 is 11.6 Å². The molecule has 0 aliphatic rings. The molecule has 0 amide bonds. The van der Waals surface area contributed by atoms with Crippen molar-refractivity contribution in [3.8, 4) is 6.07 Å². The number of hydrogen-bond donors (Lipinski definition) is 2. The Morgan fingerprint density at radius 3 is 2.90 bits per heavy atom. The molecule has 0 saturated carbocycles. The number of aromatic nitrogens is 2. The van der Waals surface area contributed by atoms with Gasteiger partial charge in [-0.2, -0.15) is 10.2 Å². The average Bonchev–Trinajstić information content (AvgIpc) is 2.45. The number of nitrogens with one attached hydrogen (secondary N) is 2. The Labute approximate surface area is 122 Å². The van der Waals surface area contributed by atoms with Gasteiger partial charge in [0.15, 0.2) is 0 Å². The zero-order valence-electron chi connectivity index (χ0n) is 11.2. The summed E-state index contributed by atoms with van der Waals surface area (Å²) >= 11 is 6.13. The Hall–Kier alpha value is -2.32. The molecule has 0 aliphatic heterocycles. The van der Waals surface area contributed by atoms with E-state index in [2.05, 4.69) is 26.7 Å². The van der Waals surface area contributed by atoms with E-state index in [1.165, 1.54) is 0 Å². The van der Waals surface area contributed by atoms with Gasteiger partial charge in [-0.15, -0.1) is 0 Å². The molecule has 0 saturated heterocycles. The van der Waals surface area contributed by atoms with Gasteiger partial charge in [0, 0.05) is 18.3 Å². The molecule has 102 valence electrons. The molecule has 1 heterocycles. The highest BCUT2D eigenvalue weighted by Crippen LogP contribution is 2.27. The van der Waals surface area contributed by atoms with Crippen molar-refractivity contribution in [1.29, 1.82) is 5.26 Å². The number of hydrogen-bond acceptors (Lipinski definition) is 5. The van der Waals surface area contributed by atoms with Crippen LogP contribution in [-0.2, 0) is 0 Å². The fraction of sp³-hybridized carbons (Fsp3) is 0.214. The lowest BCUT2D eigenvalue weighted by molar-refractivity contribution is 1.07. The molecule has 1 aromatic carbocycles. The van der Waals surface area contributed by atoms with Gasteiger partial charge in [-0.25, -0.2) is 4.98 Å². The van der Waals surface area contributed by atoms with Gasteiger partial charge >= 0.3 is 0 Å². The maximum atomic E-state index is 8.93. The molecule has 0 unspecified atom stereocenters. The highest BCUT2D eigenvalue weighted by Gasteiger charge is 2.07. The second-order valence-corrected chi connectivity index (χ2v) is 4.59. The summed E-state index contributed by atoms with van der Waals surface area (Å²) in [6, 6.07) is 7.13. The van der Waals surface area contributed by atoms with Gasteiger partial charge < -0.3 is 10.6 Å². The molecule has 2 rings (SSSR count). The quantitative estimate of drug-likeness (QED) is 0.900. The summed E-state index contributed by atoms with van der Waals surface area (Å²) in [7, 11) is 0. The Morgan fingerprint density at radius 1 is 1.40 bits per heavy atom. The first kappa shape index (κ1) is 14.1. The lowest BCUT2D eigenvalue weighted by Gasteiger charge is -2.11. The molecule has 20 heavy (non-hydrogen) atoms. The Balaban J connectivity index is 2.34. The zero-order valence-corrected chi connectivity index (χ0v) is 12.0. The molecule has 0 aliphatic carbocycles. The van der Waals surface area contributed by atoms with Gasteiger partial charge in [-0.3, -0.25) is 0 Å². The lowest BCUT2D eigenvalue weighted by Crippen LogP contribution is -2.05. The van der Waals surface area contributed by atoms with Crippen LogP contribution in [0.3, 0.4) is 0 Å². The normalized spacial score (nSPS) is 9.90. The fourth-order valence-corrected chi connectivity index (χ4v) is 1.79. The number of nitriles is 1. The Bertz CT molecular complexity index is 663. The van der Waals surface area contributed by atoms with Crippen LogP contribution in [0.1, 0.15) is 18.1 Å². The molecule has 2 N–H and O–H groups in total. The summed E-state index contributed by atoms with van der Waals surface area (Å²) in [5.41, 5.74) is 2.08. The van der Waals surface area contributed by atoms with E-state index in [-0.39, 0.29) is 0 Å². The monoisotopic (exact) mass is 287 g/mol. The van der Waals surface area contributed by atoms with Crippen LogP contribution in [0.4, 0.5) is 17.5 Å². The molecular formula is C14H14ClN5. The average molecular weight is 288 g/mol. The molecule has 5 nitrogen and oxygen atoms in total. The van der Waals surface area contributed by atoms with Gasteiger partial charge in [0.1, 0.15) is 5.82 Å². The van der Waals surface area contributed by atoms with Crippen LogP contribution in [0.15, 0.2) is 24.4 Å². The number of nitrogens with zero attached hydrogens (tertiary/aromatic N) is 3. The minimum atomic E-state index is 0.534. The molecule has 0 atom stereocenters. The van der Waals surface area contributed by atoms with E-state index < -0.39 is 0 Å². The van der Waals surface area contributed by atoms with E-state index >= 15 is 0 Å². The second kappa shape index (κ2) is 6.22. The topological polar surface area (TPSA) is 73.6 Å². The molecule has 0 bridgehead atoms. The van der Waals surface area contributed by atoms with Gasteiger partial charge in [-0.05, 0) is 32.0 Å². The third-order valence-electron chi connectivity index (χ3n) is 2.66. The Morgan fingerprint density at radius 2 is 2.20 bits per heavy atom. The van der Waals surface area contributed by atoms with E-state index in [9.17, 15) is 0 Å². The molecule has 0 fully saturated rings.